The summed E-state index contributed by atoms with van der Waals surface area (Å²) in [5, 5.41) is 19.5. The molecule has 1 unspecified atom stereocenters. The van der Waals surface area contributed by atoms with Gasteiger partial charge in [0.05, 0.1) is 11.3 Å². The van der Waals surface area contributed by atoms with Crippen molar-refractivity contribution in [2.45, 2.75) is 91.4 Å². The molecule has 22 heavy (non-hydrogen) atoms. The van der Waals surface area contributed by atoms with E-state index in [1.54, 1.807) is 0 Å². The van der Waals surface area contributed by atoms with Crippen LogP contribution in [-0.4, -0.2) is 22.2 Å². The van der Waals surface area contributed by atoms with E-state index in [9.17, 15) is 19.8 Å². The quantitative estimate of drug-likeness (QED) is 0.437. The average Bonchev–Trinajstić information content (AvgIpc) is 2.48. The second-order valence-electron chi connectivity index (χ2n) is 6.41. The van der Waals surface area contributed by atoms with Gasteiger partial charge in [0.2, 0.25) is 0 Å². The van der Waals surface area contributed by atoms with Crippen LogP contribution in [0, 0.1) is 11.3 Å². The molecule has 0 amide bonds. The lowest BCUT2D eigenvalue weighted by atomic mass is 9.67. The largest absolute Gasteiger partial charge is 0.481 e. The first-order valence-electron chi connectivity index (χ1n) is 8.92. The molecule has 0 aliphatic carbocycles. The fraction of sp³-hybridized carbons (Fsp3) is 0.889. The van der Waals surface area contributed by atoms with Gasteiger partial charge < -0.3 is 10.2 Å². The molecule has 0 aromatic heterocycles. The molecule has 0 saturated carbocycles. The van der Waals surface area contributed by atoms with Gasteiger partial charge in [-0.1, -0.05) is 72.1 Å². The summed E-state index contributed by atoms with van der Waals surface area (Å²) in [6.45, 7) is 6.14. The summed E-state index contributed by atoms with van der Waals surface area (Å²) in [7, 11) is 0. The van der Waals surface area contributed by atoms with E-state index in [0.29, 0.717) is 19.3 Å². The van der Waals surface area contributed by atoms with Gasteiger partial charge in [-0.25, -0.2) is 0 Å². The summed E-state index contributed by atoms with van der Waals surface area (Å²) in [6.07, 6.45) is 8.72. The highest BCUT2D eigenvalue weighted by Crippen LogP contribution is 2.42. The number of hydrogen-bond acceptors (Lipinski definition) is 2. The summed E-state index contributed by atoms with van der Waals surface area (Å²) in [5.74, 6) is -2.62. The van der Waals surface area contributed by atoms with E-state index in [4.69, 9.17) is 0 Å². The summed E-state index contributed by atoms with van der Waals surface area (Å²) in [6, 6.07) is 0. The highest BCUT2D eigenvalue weighted by molar-refractivity contribution is 5.83. The lowest BCUT2D eigenvalue weighted by Gasteiger charge is -2.35. The van der Waals surface area contributed by atoms with Crippen LogP contribution in [0.4, 0.5) is 0 Å². The summed E-state index contributed by atoms with van der Waals surface area (Å²) in [5.41, 5.74) is -1.09. The fourth-order valence-electron chi connectivity index (χ4n) is 3.23. The maximum absolute atomic E-state index is 12.0. The monoisotopic (exact) mass is 314 g/mol. The van der Waals surface area contributed by atoms with Crippen molar-refractivity contribution in [1.82, 2.24) is 0 Å². The zero-order chi connectivity index (χ0) is 17.0. The summed E-state index contributed by atoms with van der Waals surface area (Å²) in [4.78, 5) is 23.8. The van der Waals surface area contributed by atoms with Crippen LogP contribution < -0.4 is 0 Å². The first-order chi connectivity index (χ1) is 10.5. The molecule has 0 heterocycles. The number of rotatable bonds is 14. The Hall–Kier alpha value is -1.06. The highest BCUT2D eigenvalue weighted by Gasteiger charge is 2.47. The molecule has 4 heteroatoms. The lowest BCUT2D eigenvalue weighted by Crippen LogP contribution is -2.43. The molecular weight excluding hydrogens is 280 g/mol. The van der Waals surface area contributed by atoms with E-state index in [1.165, 1.54) is 0 Å². The molecule has 0 saturated heterocycles. The van der Waals surface area contributed by atoms with Crippen molar-refractivity contribution in [3.8, 4) is 0 Å². The van der Waals surface area contributed by atoms with E-state index >= 15 is 0 Å². The molecule has 0 aromatic carbocycles. The van der Waals surface area contributed by atoms with Crippen molar-refractivity contribution in [2.75, 3.05) is 0 Å². The molecule has 4 nitrogen and oxygen atoms in total. The minimum Gasteiger partial charge on any atom is -0.481 e. The Balaban J connectivity index is 5.22. The first-order valence-corrected chi connectivity index (χ1v) is 8.92. The molecule has 130 valence electrons. The minimum atomic E-state index is -1.09. The van der Waals surface area contributed by atoms with Gasteiger partial charge >= 0.3 is 11.9 Å². The van der Waals surface area contributed by atoms with E-state index in [0.717, 1.165) is 51.4 Å². The van der Waals surface area contributed by atoms with Crippen molar-refractivity contribution in [1.29, 1.82) is 0 Å². The van der Waals surface area contributed by atoms with Gasteiger partial charge in [-0.05, 0) is 19.3 Å². The third-order valence-electron chi connectivity index (χ3n) is 4.69. The van der Waals surface area contributed by atoms with E-state index in [-0.39, 0.29) is 0 Å². The number of carbonyl (C=O) groups is 2. The standard InChI is InChI=1S/C18H34O4/c1-4-7-10-11-12-15(16(19)20)18(17(21)22,13-8-5-2)14-9-6-3/h15H,4-14H2,1-3H3,(H,19,20)(H,21,22). The van der Waals surface area contributed by atoms with Gasteiger partial charge in [0, 0.05) is 0 Å². The Kier molecular flexibility index (Phi) is 10.9. The molecule has 0 rings (SSSR count). The molecule has 0 aliphatic rings. The predicted octanol–water partition coefficient (Wildman–Crippen LogP) is 5.11. The number of aliphatic carboxylic acids is 2. The number of carboxylic acid groups (broad SMARTS) is 2. The summed E-state index contributed by atoms with van der Waals surface area (Å²) >= 11 is 0. The van der Waals surface area contributed by atoms with Gasteiger partial charge in [-0.15, -0.1) is 0 Å². The van der Waals surface area contributed by atoms with Crippen molar-refractivity contribution >= 4 is 11.9 Å². The fourth-order valence-corrected chi connectivity index (χ4v) is 3.23. The zero-order valence-electron chi connectivity index (χ0n) is 14.6. The molecular formula is C18H34O4. The Morgan fingerprint density at radius 3 is 1.68 bits per heavy atom. The molecule has 2 N–H and O–H groups in total. The van der Waals surface area contributed by atoms with Gasteiger partial charge in [-0.3, -0.25) is 9.59 Å². The molecule has 0 aromatic rings. The number of unbranched alkanes of at least 4 members (excludes halogenated alkanes) is 5. The predicted molar refractivity (Wildman–Crippen MR) is 89.0 cm³/mol. The Morgan fingerprint density at radius 2 is 1.32 bits per heavy atom. The second-order valence-corrected chi connectivity index (χ2v) is 6.41. The molecule has 0 radical (unpaired) electrons. The van der Waals surface area contributed by atoms with Crippen LogP contribution >= 0.6 is 0 Å². The van der Waals surface area contributed by atoms with E-state index in [1.807, 2.05) is 13.8 Å². The smallest absolute Gasteiger partial charge is 0.310 e. The maximum atomic E-state index is 12.0. The van der Waals surface area contributed by atoms with Crippen LogP contribution in [0.15, 0.2) is 0 Å². The SMILES string of the molecule is CCCCCCC(C(=O)O)C(CCCC)(CCCC)C(=O)O. The van der Waals surface area contributed by atoms with E-state index < -0.39 is 23.3 Å². The highest BCUT2D eigenvalue weighted by atomic mass is 16.4. The van der Waals surface area contributed by atoms with Crippen molar-refractivity contribution < 1.29 is 19.8 Å². The van der Waals surface area contributed by atoms with Crippen molar-refractivity contribution in [2.24, 2.45) is 11.3 Å². The average molecular weight is 314 g/mol. The molecule has 0 spiro atoms. The zero-order valence-corrected chi connectivity index (χ0v) is 14.6. The Labute approximate surface area is 135 Å². The normalized spacial score (nSPS) is 13.0. The number of hydrogen-bond donors (Lipinski definition) is 2. The number of carboxylic acids is 2. The Bertz CT molecular complexity index is 317. The molecule has 1 atom stereocenters. The van der Waals surface area contributed by atoms with Gasteiger partial charge in [0.1, 0.15) is 0 Å². The van der Waals surface area contributed by atoms with Crippen LogP contribution in [0.3, 0.4) is 0 Å². The summed E-state index contributed by atoms with van der Waals surface area (Å²) < 4.78 is 0. The molecule has 0 fully saturated rings. The third kappa shape index (κ3) is 6.37. The van der Waals surface area contributed by atoms with Crippen LogP contribution in [0.5, 0.6) is 0 Å². The molecule has 0 aliphatic heterocycles. The van der Waals surface area contributed by atoms with Gasteiger partial charge in [0.15, 0.2) is 0 Å². The minimum absolute atomic E-state index is 0.476. The second kappa shape index (κ2) is 11.5. The topological polar surface area (TPSA) is 74.6 Å². The maximum Gasteiger partial charge on any atom is 0.310 e. The Morgan fingerprint density at radius 1 is 0.818 bits per heavy atom. The van der Waals surface area contributed by atoms with Crippen molar-refractivity contribution in [3.05, 3.63) is 0 Å². The first kappa shape index (κ1) is 20.9. The molecule has 0 bridgehead atoms. The van der Waals surface area contributed by atoms with Crippen LogP contribution in [0.25, 0.3) is 0 Å². The van der Waals surface area contributed by atoms with Gasteiger partial charge in [-0.2, -0.15) is 0 Å². The van der Waals surface area contributed by atoms with Crippen LogP contribution in [-0.2, 0) is 9.59 Å². The van der Waals surface area contributed by atoms with Crippen LogP contribution in [0.1, 0.15) is 91.4 Å². The van der Waals surface area contributed by atoms with Crippen molar-refractivity contribution in [3.63, 3.8) is 0 Å². The van der Waals surface area contributed by atoms with Gasteiger partial charge in [0.25, 0.3) is 0 Å². The van der Waals surface area contributed by atoms with E-state index in [2.05, 4.69) is 6.92 Å². The third-order valence-corrected chi connectivity index (χ3v) is 4.69. The van der Waals surface area contributed by atoms with Crippen LogP contribution in [0.2, 0.25) is 0 Å². The lowest BCUT2D eigenvalue weighted by molar-refractivity contribution is -0.165.